The van der Waals surface area contributed by atoms with Gasteiger partial charge in [-0.15, -0.1) is 11.3 Å². The molecular weight excluding hydrogens is 350 g/mol. The topological polar surface area (TPSA) is 58.4 Å². The highest BCUT2D eigenvalue weighted by Crippen LogP contribution is 2.22. The second-order valence-corrected chi connectivity index (χ2v) is 7.23. The van der Waals surface area contributed by atoms with Gasteiger partial charge >= 0.3 is 0 Å². The quantitative estimate of drug-likeness (QED) is 0.468. The van der Waals surface area contributed by atoms with Crippen molar-refractivity contribution in [2.24, 2.45) is 5.84 Å². The number of nitrogens with two attached hydrogens (primary N) is 1. The first-order valence-corrected chi connectivity index (χ1v) is 8.23. The van der Waals surface area contributed by atoms with Crippen LogP contribution in [0.3, 0.4) is 0 Å². The standard InChI is InChI=1S/C15H18BrN3OS/c1-19(8-11-6-14(16)21-10-11)9-13-5-3-2-4-12(13)7-15(20)18-17/h2-6,10H,7-9,17H2,1H3,(H,18,20). The third-order valence-corrected chi connectivity index (χ3v) is 4.70. The van der Waals surface area contributed by atoms with E-state index in [1.54, 1.807) is 11.3 Å². The van der Waals surface area contributed by atoms with Crippen molar-refractivity contribution >= 4 is 33.2 Å². The highest BCUT2D eigenvalue weighted by atomic mass is 79.9. The fourth-order valence-electron chi connectivity index (χ4n) is 2.20. The predicted octanol–water partition coefficient (Wildman–Crippen LogP) is 2.67. The normalized spacial score (nSPS) is 10.9. The first-order chi connectivity index (χ1) is 10.1. The van der Waals surface area contributed by atoms with Crippen molar-refractivity contribution in [3.05, 3.63) is 56.2 Å². The molecule has 0 atom stereocenters. The molecule has 0 fully saturated rings. The first kappa shape index (κ1) is 16.2. The van der Waals surface area contributed by atoms with Gasteiger partial charge in [-0.2, -0.15) is 0 Å². The monoisotopic (exact) mass is 367 g/mol. The molecule has 6 heteroatoms. The molecule has 4 nitrogen and oxygen atoms in total. The highest BCUT2D eigenvalue weighted by molar-refractivity contribution is 9.11. The van der Waals surface area contributed by atoms with Gasteiger partial charge in [0, 0.05) is 13.1 Å². The average Bonchev–Trinajstić information content (AvgIpc) is 2.86. The van der Waals surface area contributed by atoms with E-state index in [1.165, 1.54) is 5.56 Å². The van der Waals surface area contributed by atoms with Crippen LogP contribution in [0.4, 0.5) is 0 Å². The van der Waals surface area contributed by atoms with E-state index in [1.807, 2.05) is 18.2 Å². The molecule has 0 saturated carbocycles. The van der Waals surface area contributed by atoms with Gasteiger partial charge in [0.25, 0.3) is 0 Å². The number of nitrogens with one attached hydrogen (secondary N) is 1. The molecule has 0 radical (unpaired) electrons. The summed E-state index contributed by atoms with van der Waals surface area (Å²) in [6, 6.07) is 10.1. The number of thiophene rings is 1. The number of nitrogens with zero attached hydrogens (tertiary/aromatic N) is 1. The summed E-state index contributed by atoms with van der Waals surface area (Å²) in [6.07, 6.45) is 0.310. The number of halogens is 1. The lowest BCUT2D eigenvalue weighted by Crippen LogP contribution is -2.31. The molecule has 1 aromatic carbocycles. The van der Waals surface area contributed by atoms with Crippen LogP contribution >= 0.6 is 27.3 Å². The van der Waals surface area contributed by atoms with Crippen molar-refractivity contribution in [2.75, 3.05) is 7.05 Å². The fraction of sp³-hybridized carbons (Fsp3) is 0.267. The van der Waals surface area contributed by atoms with Crippen LogP contribution in [-0.4, -0.2) is 17.9 Å². The Morgan fingerprint density at radius 1 is 1.33 bits per heavy atom. The Hall–Kier alpha value is -1.21. The van der Waals surface area contributed by atoms with Crippen LogP contribution in [-0.2, 0) is 24.3 Å². The molecule has 2 aromatic rings. The number of amides is 1. The average molecular weight is 368 g/mol. The Balaban J connectivity index is 2.03. The maximum absolute atomic E-state index is 11.5. The largest absolute Gasteiger partial charge is 0.298 e. The summed E-state index contributed by atoms with van der Waals surface area (Å²) in [6.45, 7) is 1.67. The van der Waals surface area contributed by atoms with E-state index in [2.05, 4.69) is 50.8 Å². The Morgan fingerprint density at radius 3 is 2.67 bits per heavy atom. The zero-order valence-electron chi connectivity index (χ0n) is 11.8. The van der Waals surface area contributed by atoms with E-state index in [0.29, 0.717) is 6.42 Å². The van der Waals surface area contributed by atoms with Gasteiger partial charge in [-0.25, -0.2) is 5.84 Å². The van der Waals surface area contributed by atoms with Crippen LogP contribution < -0.4 is 11.3 Å². The van der Waals surface area contributed by atoms with Crippen LogP contribution in [0.25, 0.3) is 0 Å². The minimum atomic E-state index is -0.174. The van der Waals surface area contributed by atoms with Gasteiger partial charge in [-0.1, -0.05) is 24.3 Å². The van der Waals surface area contributed by atoms with Crippen molar-refractivity contribution in [2.45, 2.75) is 19.5 Å². The highest BCUT2D eigenvalue weighted by Gasteiger charge is 2.09. The third-order valence-electron chi connectivity index (χ3n) is 3.14. The molecule has 0 saturated heterocycles. The van der Waals surface area contributed by atoms with Crippen LogP contribution in [0, 0.1) is 0 Å². The van der Waals surface area contributed by atoms with E-state index in [9.17, 15) is 4.79 Å². The van der Waals surface area contributed by atoms with Gasteiger partial charge in [-0.05, 0) is 51.1 Å². The van der Waals surface area contributed by atoms with Crippen molar-refractivity contribution in [1.82, 2.24) is 10.3 Å². The molecule has 0 unspecified atom stereocenters. The van der Waals surface area contributed by atoms with Gasteiger partial charge in [0.2, 0.25) is 5.91 Å². The lowest BCUT2D eigenvalue weighted by atomic mass is 10.0. The molecule has 21 heavy (non-hydrogen) atoms. The van der Waals surface area contributed by atoms with E-state index >= 15 is 0 Å². The molecule has 0 bridgehead atoms. The number of hydrogen-bond acceptors (Lipinski definition) is 4. The summed E-state index contributed by atoms with van der Waals surface area (Å²) in [5, 5.41) is 2.15. The SMILES string of the molecule is CN(Cc1csc(Br)c1)Cc1ccccc1CC(=O)NN. The third kappa shape index (κ3) is 4.93. The molecule has 1 aromatic heterocycles. The summed E-state index contributed by atoms with van der Waals surface area (Å²) in [4.78, 5) is 13.7. The number of benzene rings is 1. The minimum Gasteiger partial charge on any atom is -0.298 e. The molecule has 0 spiro atoms. The lowest BCUT2D eigenvalue weighted by Gasteiger charge is -2.18. The summed E-state index contributed by atoms with van der Waals surface area (Å²) in [7, 11) is 2.07. The van der Waals surface area contributed by atoms with Gasteiger partial charge in [0.15, 0.2) is 0 Å². The van der Waals surface area contributed by atoms with E-state index in [0.717, 1.165) is 28.0 Å². The minimum absolute atomic E-state index is 0.174. The van der Waals surface area contributed by atoms with Crippen molar-refractivity contribution in [1.29, 1.82) is 0 Å². The smallest absolute Gasteiger partial charge is 0.238 e. The molecule has 0 aliphatic rings. The first-order valence-electron chi connectivity index (χ1n) is 6.56. The second kappa shape index (κ2) is 7.70. The van der Waals surface area contributed by atoms with Crippen LogP contribution in [0.1, 0.15) is 16.7 Å². The number of carbonyl (C=O) groups excluding carboxylic acids is 1. The maximum atomic E-state index is 11.5. The summed E-state index contributed by atoms with van der Waals surface area (Å²) in [5.74, 6) is 4.99. The Morgan fingerprint density at radius 2 is 2.05 bits per heavy atom. The summed E-state index contributed by atoms with van der Waals surface area (Å²) in [5.41, 5.74) is 5.63. The van der Waals surface area contributed by atoms with Gasteiger partial charge in [-0.3, -0.25) is 15.1 Å². The second-order valence-electron chi connectivity index (χ2n) is 4.94. The van der Waals surface area contributed by atoms with Crippen molar-refractivity contribution < 1.29 is 4.79 Å². The molecule has 3 N–H and O–H groups in total. The lowest BCUT2D eigenvalue weighted by molar-refractivity contribution is -0.120. The molecular formula is C15H18BrN3OS. The van der Waals surface area contributed by atoms with E-state index in [4.69, 9.17) is 5.84 Å². The number of rotatable bonds is 6. The molecule has 0 aliphatic heterocycles. The van der Waals surface area contributed by atoms with Gasteiger partial charge in [0.05, 0.1) is 10.2 Å². The Bertz CT molecular complexity index is 614. The van der Waals surface area contributed by atoms with Gasteiger partial charge in [0.1, 0.15) is 0 Å². The number of hydrazine groups is 1. The Kier molecular flexibility index (Phi) is 5.93. The number of carbonyl (C=O) groups is 1. The molecule has 0 aliphatic carbocycles. The summed E-state index contributed by atoms with van der Waals surface area (Å²) >= 11 is 5.17. The van der Waals surface area contributed by atoms with E-state index < -0.39 is 0 Å². The van der Waals surface area contributed by atoms with E-state index in [-0.39, 0.29) is 5.91 Å². The van der Waals surface area contributed by atoms with Crippen molar-refractivity contribution in [3.8, 4) is 0 Å². The Labute approximate surface area is 137 Å². The van der Waals surface area contributed by atoms with Crippen LogP contribution in [0.15, 0.2) is 39.5 Å². The predicted molar refractivity (Wildman–Crippen MR) is 89.7 cm³/mol. The zero-order chi connectivity index (χ0) is 15.2. The van der Waals surface area contributed by atoms with Gasteiger partial charge < -0.3 is 0 Å². The fourth-order valence-corrected chi connectivity index (χ4v) is 3.40. The maximum Gasteiger partial charge on any atom is 0.238 e. The number of hydrogen-bond donors (Lipinski definition) is 2. The molecule has 1 heterocycles. The molecule has 2 rings (SSSR count). The van der Waals surface area contributed by atoms with Crippen LogP contribution in [0.2, 0.25) is 0 Å². The van der Waals surface area contributed by atoms with Crippen molar-refractivity contribution in [3.63, 3.8) is 0 Å². The zero-order valence-corrected chi connectivity index (χ0v) is 14.2. The van der Waals surface area contributed by atoms with Crippen LogP contribution in [0.5, 0.6) is 0 Å². The summed E-state index contributed by atoms with van der Waals surface area (Å²) < 4.78 is 1.14. The molecule has 112 valence electrons. The molecule has 1 amide bonds.